The summed E-state index contributed by atoms with van der Waals surface area (Å²) in [5.41, 5.74) is 1.36. The molecule has 2 rings (SSSR count). The van der Waals surface area contributed by atoms with E-state index in [1.165, 1.54) is 18.4 Å². The second-order valence-electron chi connectivity index (χ2n) is 5.05. The van der Waals surface area contributed by atoms with Gasteiger partial charge in [0.1, 0.15) is 5.76 Å². The van der Waals surface area contributed by atoms with Crippen LogP contribution in [0.5, 0.6) is 0 Å². The fourth-order valence-electron chi connectivity index (χ4n) is 2.63. The van der Waals surface area contributed by atoms with E-state index in [9.17, 15) is 0 Å². The maximum absolute atomic E-state index is 5.64. The van der Waals surface area contributed by atoms with Crippen molar-refractivity contribution in [2.45, 2.75) is 39.3 Å². The predicted molar refractivity (Wildman–Crippen MR) is 91.5 cm³/mol. The van der Waals surface area contributed by atoms with Gasteiger partial charge in [-0.25, -0.2) is 0 Å². The van der Waals surface area contributed by atoms with Gasteiger partial charge in [0.2, 0.25) is 0 Å². The van der Waals surface area contributed by atoms with Gasteiger partial charge in [-0.15, -0.1) is 0 Å². The monoisotopic (exact) mass is 383 g/mol. The van der Waals surface area contributed by atoms with Gasteiger partial charge in [0.15, 0.2) is 3.77 Å². The summed E-state index contributed by atoms with van der Waals surface area (Å²) in [6, 6.07) is 15.2. The number of rotatable bonds is 7. The Bertz CT molecular complexity index is 505. The van der Waals surface area contributed by atoms with Crippen LogP contribution in [-0.4, -0.2) is 0 Å². The van der Waals surface area contributed by atoms with E-state index in [1.54, 1.807) is 0 Å². The van der Waals surface area contributed by atoms with E-state index in [0.717, 1.165) is 16.1 Å². The first-order chi connectivity index (χ1) is 9.74. The molecule has 0 aliphatic carbocycles. The highest BCUT2D eigenvalue weighted by molar-refractivity contribution is 14.1. The van der Waals surface area contributed by atoms with Gasteiger partial charge < -0.3 is 9.73 Å². The van der Waals surface area contributed by atoms with Crippen molar-refractivity contribution in [1.82, 2.24) is 5.32 Å². The molecule has 108 valence electrons. The zero-order chi connectivity index (χ0) is 14.4. The Labute approximate surface area is 135 Å². The average molecular weight is 383 g/mol. The average Bonchev–Trinajstić information content (AvgIpc) is 2.90. The highest BCUT2D eigenvalue weighted by atomic mass is 127. The molecule has 1 heterocycles. The Morgan fingerprint density at radius 1 is 1.05 bits per heavy atom. The lowest BCUT2D eigenvalue weighted by Crippen LogP contribution is -2.27. The maximum Gasteiger partial charge on any atom is 0.164 e. The fraction of sp³-hybridized carbons (Fsp3) is 0.412. The van der Waals surface area contributed by atoms with Gasteiger partial charge in [-0.3, -0.25) is 0 Å². The van der Waals surface area contributed by atoms with E-state index in [0.29, 0.717) is 12.0 Å². The summed E-state index contributed by atoms with van der Waals surface area (Å²) in [6.07, 6.45) is 2.36. The lowest BCUT2D eigenvalue weighted by atomic mass is 9.89. The Kier molecular flexibility index (Phi) is 6.10. The second-order valence-corrected chi connectivity index (χ2v) is 6.11. The Balaban J connectivity index is 2.10. The van der Waals surface area contributed by atoms with Crippen LogP contribution in [-0.2, 0) is 6.54 Å². The molecular formula is C17H22INO. The van der Waals surface area contributed by atoms with Crippen LogP contribution in [0.3, 0.4) is 0 Å². The molecule has 20 heavy (non-hydrogen) atoms. The third kappa shape index (κ3) is 4.09. The molecule has 3 heteroatoms. The fourth-order valence-corrected chi connectivity index (χ4v) is 3.10. The van der Waals surface area contributed by atoms with Crippen molar-refractivity contribution in [2.24, 2.45) is 5.92 Å². The molecule has 0 radical (unpaired) electrons. The molecule has 1 N–H and O–H groups in total. The highest BCUT2D eigenvalue weighted by Crippen LogP contribution is 2.27. The van der Waals surface area contributed by atoms with E-state index in [1.807, 2.05) is 12.1 Å². The van der Waals surface area contributed by atoms with Gasteiger partial charge in [0.25, 0.3) is 0 Å². The first kappa shape index (κ1) is 15.6. The molecule has 1 aromatic heterocycles. The summed E-state index contributed by atoms with van der Waals surface area (Å²) in [6.45, 7) is 5.31. The summed E-state index contributed by atoms with van der Waals surface area (Å²) in [7, 11) is 0. The van der Waals surface area contributed by atoms with E-state index >= 15 is 0 Å². The van der Waals surface area contributed by atoms with E-state index in [-0.39, 0.29) is 0 Å². The summed E-state index contributed by atoms with van der Waals surface area (Å²) in [5.74, 6) is 1.65. The van der Waals surface area contributed by atoms with E-state index in [2.05, 4.69) is 72.1 Å². The van der Waals surface area contributed by atoms with Gasteiger partial charge in [-0.1, -0.05) is 57.0 Å². The van der Waals surface area contributed by atoms with Crippen LogP contribution in [0, 0.1) is 9.68 Å². The smallest absolute Gasteiger partial charge is 0.164 e. The van der Waals surface area contributed by atoms with Gasteiger partial charge in [0.05, 0.1) is 6.54 Å². The first-order valence-electron chi connectivity index (χ1n) is 7.27. The normalized spacial score (nSPS) is 12.8. The topological polar surface area (TPSA) is 25.2 Å². The minimum absolute atomic E-state index is 0.383. The van der Waals surface area contributed by atoms with Gasteiger partial charge in [-0.2, -0.15) is 0 Å². The van der Waals surface area contributed by atoms with Crippen LogP contribution in [0.4, 0.5) is 0 Å². The number of benzene rings is 1. The highest BCUT2D eigenvalue weighted by Gasteiger charge is 2.20. The quantitative estimate of drug-likeness (QED) is 0.669. The van der Waals surface area contributed by atoms with Crippen molar-refractivity contribution in [2.75, 3.05) is 0 Å². The lowest BCUT2D eigenvalue weighted by molar-refractivity contribution is 0.326. The van der Waals surface area contributed by atoms with Crippen LogP contribution >= 0.6 is 22.6 Å². The summed E-state index contributed by atoms with van der Waals surface area (Å²) in [5, 5.41) is 3.67. The van der Waals surface area contributed by atoms with Gasteiger partial charge >= 0.3 is 0 Å². The molecule has 0 aliphatic rings. The van der Waals surface area contributed by atoms with E-state index < -0.39 is 0 Å². The second kappa shape index (κ2) is 7.84. The Morgan fingerprint density at radius 2 is 1.75 bits per heavy atom. The minimum atomic E-state index is 0.383. The maximum atomic E-state index is 5.64. The number of furan rings is 1. The largest absolute Gasteiger partial charge is 0.454 e. The van der Waals surface area contributed by atoms with Crippen molar-refractivity contribution in [3.63, 3.8) is 0 Å². The van der Waals surface area contributed by atoms with Crippen LogP contribution in [0.15, 0.2) is 46.9 Å². The third-order valence-electron chi connectivity index (χ3n) is 3.80. The van der Waals surface area contributed by atoms with Crippen LogP contribution in [0.2, 0.25) is 0 Å². The molecule has 0 saturated carbocycles. The Hall–Kier alpha value is -0.810. The lowest BCUT2D eigenvalue weighted by Gasteiger charge is -2.26. The summed E-state index contributed by atoms with van der Waals surface area (Å²) >= 11 is 2.20. The van der Waals surface area contributed by atoms with E-state index in [4.69, 9.17) is 4.42 Å². The third-order valence-corrected chi connectivity index (χ3v) is 4.38. The molecule has 0 fully saturated rings. The van der Waals surface area contributed by atoms with Gasteiger partial charge in [-0.05, 0) is 46.2 Å². The number of nitrogens with one attached hydrogen (secondary N) is 1. The molecular weight excluding hydrogens is 361 g/mol. The molecule has 1 aromatic carbocycles. The molecule has 0 saturated heterocycles. The number of hydrogen-bond donors (Lipinski definition) is 1. The molecule has 0 spiro atoms. The van der Waals surface area contributed by atoms with Crippen molar-refractivity contribution >= 4 is 22.6 Å². The molecule has 1 atom stereocenters. The molecule has 2 aromatic rings. The van der Waals surface area contributed by atoms with Crippen LogP contribution in [0.25, 0.3) is 0 Å². The van der Waals surface area contributed by atoms with Crippen molar-refractivity contribution in [3.05, 3.63) is 57.6 Å². The summed E-state index contributed by atoms with van der Waals surface area (Å²) in [4.78, 5) is 0. The van der Waals surface area contributed by atoms with Crippen LogP contribution < -0.4 is 5.32 Å². The van der Waals surface area contributed by atoms with Crippen molar-refractivity contribution < 1.29 is 4.42 Å². The molecule has 0 aliphatic heterocycles. The standard InChI is InChI=1S/C17H22INO/c1-3-13(4-2)17(14-8-6-5-7-9-14)19-12-15-10-11-16(18)20-15/h5-11,13,17,19H,3-4,12H2,1-2H3. The number of halogens is 1. The van der Waals surface area contributed by atoms with Gasteiger partial charge in [0, 0.05) is 6.04 Å². The Morgan fingerprint density at radius 3 is 2.30 bits per heavy atom. The first-order valence-corrected chi connectivity index (χ1v) is 8.35. The molecule has 0 bridgehead atoms. The van der Waals surface area contributed by atoms with Crippen molar-refractivity contribution in [3.8, 4) is 0 Å². The molecule has 1 unspecified atom stereocenters. The predicted octanol–water partition coefficient (Wildman–Crippen LogP) is 5.15. The zero-order valence-electron chi connectivity index (χ0n) is 12.1. The van der Waals surface area contributed by atoms with Crippen LogP contribution in [0.1, 0.15) is 44.1 Å². The SMILES string of the molecule is CCC(CC)C(NCc1ccc(I)o1)c1ccccc1. The molecule has 2 nitrogen and oxygen atoms in total. The minimum Gasteiger partial charge on any atom is -0.454 e. The van der Waals surface area contributed by atoms with Crippen molar-refractivity contribution in [1.29, 1.82) is 0 Å². The molecule has 0 amide bonds. The number of hydrogen-bond acceptors (Lipinski definition) is 2. The zero-order valence-corrected chi connectivity index (χ0v) is 14.3. The summed E-state index contributed by atoms with van der Waals surface area (Å²) < 4.78 is 6.58.